The molecular weight excluding hydrogens is 273 g/mol. The molecule has 1 unspecified atom stereocenters. The number of nitrogens with zero attached hydrogens (tertiary/aromatic N) is 1. The molecule has 1 heterocycles. The first-order valence-corrected chi connectivity index (χ1v) is 8.84. The monoisotopic (exact) mass is 295 g/mol. The van der Waals surface area contributed by atoms with E-state index in [1.807, 2.05) is 0 Å². The fourth-order valence-corrected chi connectivity index (χ4v) is 5.87. The summed E-state index contributed by atoms with van der Waals surface area (Å²) in [5, 5.41) is 2.85. The van der Waals surface area contributed by atoms with Crippen LogP contribution in [0, 0.1) is 5.92 Å². The molecule has 1 nitrogen and oxygen atoms in total. The molecule has 0 bridgehead atoms. The van der Waals surface area contributed by atoms with Gasteiger partial charge in [0.1, 0.15) is 0 Å². The van der Waals surface area contributed by atoms with Crippen molar-refractivity contribution in [2.45, 2.75) is 25.9 Å². The van der Waals surface area contributed by atoms with E-state index >= 15 is 0 Å². The zero-order valence-corrected chi connectivity index (χ0v) is 13.6. The Morgan fingerprint density at radius 3 is 1.76 bits per heavy atom. The zero-order valence-electron chi connectivity index (χ0n) is 12.7. The lowest BCUT2D eigenvalue weighted by atomic mass is 10.1. The molecule has 0 saturated carbocycles. The van der Waals surface area contributed by atoms with Gasteiger partial charge in [-0.15, -0.1) is 6.58 Å². The lowest BCUT2D eigenvalue weighted by molar-refractivity contribution is 0.578. The van der Waals surface area contributed by atoms with Crippen LogP contribution >= 0.6 is 8.07 Å². The molecule has 3 atom stereocenters. The second-order valence-electron chi connectivity index (χ2n) is 5.82. The average Bonchev–Trinajstić information content (AvgIpc) is 3.24. The summed E-state index contributed by atoms with van der Waals surface area (Å²) in [5.41, 5.74) is 0. The van der Waals surface area contributed by atoms with Crippen LogP contribution in [0.1, 0.15) is 13.8 Å². The predicted octanol–water partition coefficient (Wildman–Crippen LogP) is 3.93. The van der Waals surface area contributed by atoms with Gasteiger partial charge in [0.2, 0.25) is 0 Å². The highest BCUT2D eigenvalue weighted by atomic mass is 31.1. The van der Waals surface area contributed by atoms with Crippen LogP contribution in [0.4, 0.5) is 0 Å². The largest absolute Gasteiger partial charge is 0.261 e. The molecule has 2 aromatic rings. The van der Waals surface area contributed by atoms with Crippen molar-refractivity contribution in [2.24, 2.45) is 5.92 Å². The van der Waals surface area contributed by atoms with E-state index in [1.54, 1.807) is 0 Å². The van der Waals surface area contributed by atoms with E-state index in [9.17, 15) is 0 Å². The molecule has 1 aliphatic rings. The van der Waals surface area contributed by atoms with E-state index in [-0.39, 0.29) is 0 Å². The molecular formula is C19H22NP. The number of hydrogen-bond donors (Lipinski definition) is 0. The minimum Gasteiger partial charge on any atom is -0.261 e. The molecule has 0 aliphatic carbocycles. The van der Waals surface area contributed by atoms with Crippen molar-refractivity contribution < 1.29 is 0 Å². The summed E-state index contributed by atoms with van der Waals surface area (Å²) in [4.78, 5) is 0. The predicted molar refractivity (Wildman–Crippen MR) is 93.5 cm³/mol. The van der Waals surface area contributed by atoms with Gasteiger partial charge in [0.15, 0.2) is 0 Å². The third-order valence-electron chi connectivity index (χ3n) is 4.03. The average molecular weight is 295 g/mol. The number of benzene rings is 2. The molecule has 0 spiro atoms. The molecule has 0 aromatic heterocycles. The Balaban J connectivity index is 2.00. The lowest BCUT2D eigenvalue weighted by Gasteiger charge is -2.21. The summed E-state index contributed by atoms with van der Waals surface area (Å²) >= 11 is 0. The third kappa shape index (κ3) is 2.81. The van der Waals surface area contributed by atoms with Crippen LogP contribution in [0.25, 0.3) is 0 Å². The Labute approximate surface area is 129 Å². The van der Waals surface area contributed by atoms with Crippen molar-refractivity contribution >= 4 is 18.7 Å². The molecule has 1 fully saturated rings. The fourth-order valence-electron chi connectivity index (χ4n) is 3.02. The minimum atomic E-state index is -0.454. The molecule has 0 N–H and O–H groups in total. The summed E-state index contributed by atoms with van der Waals surface area (Å²) in [7, 11) is -0.454. The number of hydrogen-bond acceptors (Lipinski definition) is 1. The third-order valence-corrected chi connectivity index (χ3v) is 6.60. The van der Waals surface area contributed by atoms with Gasteiger partial charge in [0, 0.05) is 20.2 Å². The quantitative estimate of drug-likeness (QED) is 0.459. The molecule has 3 rings (SSSR count). The van der Waals surface area contributed by atoms with Crippen LogP contribution in [0.2, 0.25) is 0 Å². The van der Waals surface area contributed by atoms with Crippen molar-refractivity contribution in [3.63, 3.8) is 0 Å². The van der Waals surface area contributed by atoms with E-state index < -0.39 is 8.07 Å². The van der Waals surface area contributed by atoms with Crippen molar-refractivity contribution in [3.05, 3.63) is 73.3 Å². The molecule has 1 aliphatic heterocycles. The van der Waals surface area contributed by atoms with E-state index in [4.69, 9.17) is 0 Å². The maximum Gasteiger partial charge on any atom is 0.0484 e. The van der Waals surface area contributed by atoms with E-state index in [0.717, 1.165) is 0 Å². The Kier molecular flexibility index (Phi) is 4.24. The standard InChI is InChI=1S/C19H22NP/c1-4-18-19(15(2)3)20(18)21(16-11-7-5-8-12-16)17-13-9-6-10-14-17/h4-15,18-19H,1H2,2-3H3/t18-,19-,20?/m0/s1. The lowest BCUT2D eigenvalue weighted by Crippen LogP contribution is -2.19. The Hall–Kier alpha value is -1.43. The SMILES string of the molecule is C=C[C@H]1[C@H](C(C)C)N1P(c1ccccc1)c1ccccc1. The van der Waals surface area contributed by atoms with Gasteiger partial charge >= 0.3 is 0 Å². The maximum absolute atomic E-state index is 4.04. The van der Waals surface area contributed by atoms with Crippen LogP contribution in [-0.4, -0.2) is 16.8 Å². The highest BCUT2D eigenvalue weighted by Gasteiger charge is 2.51. The summed E-state index contributed by atoms with van der Waals surface area (Å²) in [6.07, 6.45) is 2.12. The van der Waals surface area contributed by atoms with E-state index in [1.165, 1.54) is 10.6 Å². The molecule has 2 aromatic carbocycles. The first-order chi connectivity index (χ1) is 10.2. The molecule has 0 radical (unpaired) electrons. The second-order valence-corrected chi connectivity index (χ2v) is 7.94. The highest BCUT2D eigenvalue weighted by Crippen LogP contribution is 2.54. The molecule has 21 heavy (non-hydrogen) atoms. The smallest absolute Gasteiger partial charge is 0.0484 e. The van der Waals surface area contributed by atoms with Gasteiger partial charge in [-0.1, -0.05) is 80.6 Å². The van der Waals surface area contributed by atoms with Crippen LogP contribution in [0.5, 0.6) is 0 Å². The molecule has 0 amide bonds. The van der Waals surface area contributed by atoms with Gasteiger partial charge in [0.25, 0.3) is 0 Å². The normalized spacial score (nSPS) is 24.3. The Morgan fingerprint density at radius 1 is 0.952 bits per heavy atom. The van der Waals surface area contributed by atoms with Crippen molar-refractivity contribution in [2.75, 3.05) is 0 Å². The first-order valence-electron chi connectivity index (χ1n) is 7.55. The topological polar surface area (TPSA) is 3.01 Å². The van der Waals surface area contributed by atoms with Gasteiger partial charge in [0.05, 0.1) is 0 Å². The van der Waals surface area contributed by atoms with Gasteiger partial charge in [-0.05, 0) is 16.5 Å². The maximum atomic E-state index is 4.04. The first kappa shape index (κ1) is 14.5. The van der Waals surface area contributed by atoms with Gasteiger partial charge in [-0.2, -0.15) is 0 Å². The van der Waals surface area contributed by atoms with Crippen LogP contribution in [0.3, 0.4) is 0 Å². The van der Waals surface area contributed by atoms with Crippen LogP contribution in [-0.2, 0) is 0 Å². The van der Waals surface area contributed by atoms with E-state index in [2.05, 4.69) is 91.8 Å². The van der Waals surface area contributed by atoms with Crippen molar-refractivity contribution in [1.29, 1.82) is 0 Å². The second kappa shape index (κ2) is 6.13. The molecule has 108 valence electrons. The van der Waals surface area contributed by atoms with E-state index in [0.29, 0.717) is 18.0 Å². The van der Waals surface area contributed by atoms with Crippen LogP contribution < -0.4 is 10.6 Å². The minimum absolute atomic E-state index is 0.454. The Bertz CT molecular complexity index is 554. The number of rotatable bonds is 5. The zero-order chi connectivity index (χ0) is 14.8. The summed E-state index contributed by atoms with van der Waals surface area (Å²) < 4.78 is 2.65. The van der Waals surface area contributed by atoms with Crippen molar-refractivity contribution in [3.8, 4) is 0 Å². The van der Waals surface area contributed by atoms with Gasteiger partial charge in [-0.25, -0.2) is 0 Å². The van der Waals surface area contributed by atoms with Gasteiger partial charge in [-0.3, -0.25) is 4.67 Å². The molecule has 2 heteroatoms. The van der Waals surface area contributed by atoms with Gasteiger partial charge < -0.3 is 0 Å². The Morgan fingerprint density at radius 2 is 1.43 bits per heavy atom. The molecule has 1 saturated heterocycles. The highest BCUT2D eigenvalue weighted by molar-refractivity contribution is 7.71. The van der Waals surface area contributed by atoms with Crippen molar-refractivity contribution in [1.82, 2.24) is 4.67 Å². The van der Waals surface area contributed by atoms with Crippen LogP contribution in [0.15, 0.2) is 73.3 Å². The summed E-state index contributed by atoms with van der Waals surface area (Å²) in [6.45, 7) is 8.66. The summed E-state index contributed by atoms with van der Waals surface area (Å²) in [5.74, 6) is 0.658. The summed E-state index contributed by atoms with van der Waals surface area (Å²) in [6, 6.07) is 22.9. The fraction of sp³-hybridized carbons (Fsp3) is 0.263.